The molecule has 0 N–H and O–H groups in total. The van der Waals surface area contributed by atoms with Crippen molar-refractivity contribution in [2.24, 2.45) is 0 Å². The molecule has 0 radical (unpaired) electrons. The Hall–Kier alpha value is -1.66. The van der Waals surface area contributed by atoms with Gasteiger partial charge in [0.05, 0.1) is 5.56 Å². The summed E-state index contributed by atoms with van der Waals surface area (Å²) in [4.78, 5) is 12.3. The Labute approximate surface area is 153 Å². The fourth-order valence-electron chi connectivity index (χ4n) is 2.33. The van der Waals surface area contributed by atoms with Gasteiger partial charge < -0.3 is 9.05 Å². The number of carbonyl (C=O) groups is 1. The highest BCUT2D eigenvalue weighted by Crippen LogP contribution is 2.46. The largest absolute Gasteiger partial charge is 0.417 e. The SMILES string of the molecule is COP(=O)(CC(=O)c1cccc(-c2ccc(Cl)cc2C(F)(F)F)c1)OC. The first-order valence-corrected chi connectivity index (χ1v) is 9.41. The molecule has 0 spiro atoms. The molecule has 0 aromatic heterocycles. The molecule has 9 heteroatoms. The monoisotopic (exact) mass is 406 g/mol. The maximum Gasteiger partial charge on any atom is 0.417 e. The van der Waals surface area contributed by atoms with Crippen LogP contribution in [-0.4, -0.2) is 26.2 Å². The normalized spacial score (nSPS) is 12.2. The van der Waals surface area contributed by atoms with Gasteiger partial charge in [0.25, 0.3) is 0 Å². The van der Waals surface area contributed by atoms with Crippen molar-refractivity contribution in [2.75, 3.05) is 20.4 Å². The van der Waals surface area contributed by atoms with Crippen LogP contribution in [0.1, 0.15) is 15.9 Å². The molecule has 0 aliphatic carbocycles. The molecule has 0 saturated carbocycles. The van der Waals surface area contributed by atoms with E-state index < -0.39 is 31.3 Å². The van der Waals surface area contributed by atoms with Gasteiger partial charge in [0.1, 0.15) is 6.16 Å². The second kappa shape index (κ2) is 7.92. The predicted octanol–water partition coefficient (Wildman–Crippen LogP) is 5.69. The summed E-state index contributed by atoms with van der Waals surface area (Å²) in [5.74, 6) is -0.568. The number of carbonyl (C=O) groups excluding carboxylic acids is 1. The van der Waals surface area contributed by atoms with E-state index in [-0.39, 0.29) is 21.7 Å². The molecule has 2 rings (SSSR count). The van der Waals surface area contributed by atoms with E-state index in [1.54, 1.807) is 0 Å². The Bertz CT molecular complexity index is 859. The van der Waals surface area contributed by atoms with Crippen molar-refractivity contribution in [1.82, 2.24) is 0 Å². The van der Waals surface area contributed by atoms with Crippen molar-refractivity contribution in [2.45, 2.75) is 6.18 Å². The van der Waals surface area contributed by atoms with Gasteiger partial charge in [-0.2, -0.15) is 13.2 Å². The highest BCUT2D eigenvalue weighted by Gasteiger charge is 2.34. The van der Waals surface area contributed by atoms with Gasteiger partial charge in [-0.1, -0.05) is 35.9 Å². The van der Waals surface area contributed by atoms with Crippen LogP contribution in [0.4, 0.5) is 13.2 Å². The molecule has 4 nitrogen and oxygen atoms in total. The van der Waals surface area contributed by atoms with Crippen LogP contribution in [0.25, 0.3) is 11.1 Å². The van der Waals surface area contributed by atoms with Gasteiger partial charge >= 0.3 is 13.8 Å². The molecule has 0 heterocycles. The van der Waals surface area contributed by atoms with Crippen LogP contribution in [0, 0.1) is 0 Å². The smallest absolute Gasteiger partial charge is 0.312 e. The maximum absolute atomic E-state index is 13.3. The minimum Gasteiger partial charge on any atom is -0.312 e. The number of ketones is 1. The van der Waals surface area contributed by atoms with Crippen LogP contribution in [0.2, 0.25) is 5.02 Å². The molecule has 0 atom stereocenters. The van der Waals surface area contributed by atoms with Crippen molar-refractivity contribution >= 4 is 25.0 Å². The van der Waals surface area contributed by atoms with E-state index >= 15 is 0 Å². The summed E-state index contributed by atoms with van der Waals surface area (Å²) in [7, 11) is -1.28. The fourth-order valence-corrected chi connectivity index (χ4v) is 3.45. The Morgan fingerprint density at radius 3 is 2.35 bits per heavy atom. The number of benzene rings is 2. The third kappa shape index (κ3) is 4.74. The summed E-state index contributed by atoms with van der Waals surface area (Å²) < 4.78 is 61.4. The van der Waals surface area contributed by atoms with Crippen molar-refractivity contribution < 1.29 is 31.6 Å². The lowest BCUT2D eigenvalue weighted by molar-refractivity contribution is -0.137. The zero-order chi connectivity index (χ0) is 19.5. The average Bonchev–Trinajstić information content (AvgIpc) is 2.61. The minimum absolute atomic E-state index is 0.0468. The number of hydrogen-bond donors (Lipinski definition) is 0. The van der Waals surface area contributed by atoms with Crippen molar-refractivity contribution in [1.29, 1.82) is 0 Å². The second-order valence-corrected chi connectivity index (χ2v) is 8.03. The van der Waals surface area contributed by atoms with Gasteiger partial charge in [-0.15, -0.1) is 0 Å². The molecule has 0 amide bonds. The molecule has 140 valence electrons. The summed E-state index contributed by atoms with van der Waals surface area (Å²) in [5, 5.41) is -0.0468. The molecule has 0 bridgehead atoms. The van der Waals surface area contributed by atoms with E-state index in [0.29, 0.717) is 0 Å². The van der Waals surface area contributed by atoms with Crippen LogP contribution in [0.15, 0.2) is 42.5 Å². The Morgan fingerprint density at radius 1 is 1.12 bits per heavy atom. The molecule has 0 aliphatic rings. The third-order valence-corrected chi connectivity index (χ3v) is 5.70. The molecule has 0 fully saturated rings. The van der Waals surface area contributed by atoms with E-state index in [1.807, 2.05) is 0 Å². The van der Waals surface area contributed by atoms with Gasteiger partial charge in [-0.25, -0.2) is 0 Å². The molecule has 0 aliphatic heterocycles. The van der Waals surface area contributed by atoms with Gasteiger partial charge in [0.15, 0.2) is 5.78 Å². The number of alkyl halides is 3. The topological polar surface area (TPSA) is 52.6 Å². The Kier molecular flexibility index (Phi) is 6.29. The predicted molar refractivity (Wildman–Crippen MR) is 92.7 cm³/mol. The van der Waals surface area contributed by atoms with Gasteiger partial charge in [0, 0.05) is 24.8 Å². The van der Waals surface area contributed by atoms with Crippen LogP contribution < -0.4 is 0 Å². The molecule has 2 aromatic carbocycles. The van der Waals surface area contributed by atoms with E-state index in [1.165, 1.54) is 36.4 Å². The fraction of sp³-hybridized carbons (Fsp3) is 0.235. The summed E-state index contributed by atoms with van der Waals surface area (Å²) in [6.07, 6.45) is -5.13. The summed E-state index contributed by atoms with van der Waals surface area (Å²) in [5.41, 5.74) is -0.739. The molecule has 26 heavy (non-hydrogen) atoms. The number of rotatable bonds is 6. The lowest BCUT2D eigenvalue weighted by atomic mass is 9.97. The first-order chi connectivity index (χ1) is 12.1. The number of hydrogen-bond acceptors (Lipinski definition) is 4. The summed E-state index contributed by atoms with van der Waals surface area (Å²) in [6, 6.07) is 9.02. The summed E-state index contributed by atoms with van der Waals surface area (Å²) in [6.45, 7) is 0. The molecule has 2 aromatic rings. The zero-order valence-corrected chi connectivity index (χ0v) is 15.5. The van der Waals surface area contributed by atoms with Crippen molar-refractivity contribution in [3.8, 4) is 11.1 Å². The minimum atomic E-state index is -4.61. The Balaban J connectivity index is 2.45. The van der Waals surface area contributed by atoms with Gasteiger partial charge in [-0.05, 0) is 29.3 Å². The first kappa shape index (κ1) is 20.6. The zero-order valence-electron chi connectivity index (χ0n) is 13.8. The lowest BCUT2D eigenvalue weighted by Gasteiger charge is -2.15. The van der Waals surface area contributed by atoms with Crippen molar-refractivity contribution in [3.63, 3.8) is 0 Å². The van der Waals surface area contributed by atoms with Crippen LogP contribution in [0.3, 0.4) is 0 Å². The number of Topliss-reactive ketones (excluding diaryl/α,β-unsaturated/α-hetero) is 1. The van der Waals surface area contributed by atoms with E-state index in [0.717, 1.165) is 20.3 Å². The Morgan fingerprint density at radius 2 is 1.77 bits per heavy atom. The van der Waals surface area contributed by atoms with E-state index in [4.69, 9.17) is 20.6 Å². The van der Waals surface area contributed by atoms with Crippen LogP contribution in [0.5, 0.6) is 0 Å². The van der Waals surface area contributed by atoms with Gasteiger partial charge in [-0.3, -0.25) is 9.36 Å². The van der Waals surface area contributed by atoms with Crippen molar-refractivity contribution in [3.05, 3.63) is 58.6 Å². The summed E-state index contributed by atoms with van der Waals surface area (Å²) >= 11 is 5.68. The number of halogens is 4. The standard InChI is InChI=1S/C17H15ClF3O4P/c1-24-26(23,25-2)10-16(22)12-5-3-4-11(8-12)14-7-6-13(18)9-15(14)17(19,20)21/h3-9H,10H2,1-2H3. The molecular formula is C17H15ClF3O4P. The van der Waals surface area contributed by atoms with Crippen LogP contribution in [-0.2, 0) is 19.8 Å². The average molecular weight is 407 g/mol. The third-order valence-electron chi connectivity index (χ3n) is 3.68. The quantitative estimate of drug-likeness (QED) is 0.456. The lowest BCUT2D eigenvalue weighted by Crippen LogP contribution is -2.09. The van der Waals surface area contributed by atoms with Gasteiger partial charge in [0.2, 0.25) is 0 Å². The maximum atomic E-state index is 13.3. The van der Waals surface area contributed by atoms with Crippen LogP contribution >= 0.6 is 19.2 Å². The highest BCUT2D eigenvalue weighted by molar-refractivity contribution is 7.54. The first-order valence-electron chi connectivity index (χ1n) is 7.30. The highest BCUT2D eigenvalue weighted by atomic mass is 35.5. The van der Waals surface area contributed by atoms with E-state index in [9.17, 15) is 22.5 Å². The second-order valence-electron chi connectivity index (χ2n) is 5.33. The molecular weight excluding hydrogens is 392 g/mol. The molecule has 0 unspecified atom stereocenters. The molecule has 0 saturated heterocycles. The van der Waals surface area contributed by atoms with E-state index in [2.05, 4.69) is 0 Å².